The van der Waals surface area contributed by atoms with Gasteiger partial charge in [-0.25, -0.2) is 8.78 Å². The molecular formula is C67H71F2N7O8. The number of hydrogen-bond acceptors (Lipinski definition) is 11. The molecule has 0 N–H and O–H groups in total. The topological polar surface area (TPSA) is 152 Å². The molecule has 15 nitrogen and oxygen atoms in total. The van der Waals surface area contributed by atoms with Gasteiger partial charge in [0.1, 0.15) is 0 Å². The minimum Gasteiger partial charge on any atom is -0.493 e. The molecule has 0 spiro atoms. The van der Waals surface area contributed by atoms with Crippen molar-refractivity contribution < 1.29 is 42.1 Å². The Morgan fingerprint density at radius 3 is 1.27 bits per heavy atom. The molecule has 0 radical (unpaired) electrons. The van der Waals surface area contributed by atoms with E-state index >= 15 is 0 Å². The summed E-state index contributed by atoms with van der Waals surface area (Å²) in [5, 5.41) is 24.7. The van der Waals surface area contributed by atoms with Crippen molar-refractivity contribution in [1.29, 1.82) is 0 Å². The van der Waals surface area contributed by atoms with E-state index in [-0.39, 0.29) is 30.0 Å². The number of rotatable bonds is 19. The molecule has 3 heterocycles. The van der Waals surface area contributed by atoms with Crippen molar-refractivity contribution in [3.05, 3.63) is 202 Å². The van der Waals surface area contributed by atoms with Gasteiger partial charge in [-0.3, -0.25) is 24.2 Å². The Balaban J connectivity index is 0.000000140. The van der Waals surface area contributed by atoms with E-state index in [2.05, 4.69) is 53.5 Å². The van der Waals surface area contributed by atoms with Crippen LogP contribution in [0.3, 0.4) is 0 Å². The van der Waals surface area contributed by atoms with Gasteiger partial charge in [0.25, 0.3) is 5.69 Å². The lowest BCUT2D eigenvalue weighted by Crippen LogP contribution is -2.11. The van der Waals surface area contributed by atoms with Gasteiger partial charge >= 0.3 is 0 Å². The molecule has 0 bridgehead atoms. The van der Waals surface area contributed by atoms with Crippen molar-refractivity contribution in [3.63, 3.8) is 0 Å². The second-order valence-electron chi connectivity index (χ2n) is 21.4. The predicted octanol–water partition coefficient (Wildman–Crippen LogP) is 15.3. The molecule has 3 aromatic heterocycles. The molecular weight excluding hydrogens is 1070 g/mol. The second-order valence-corrected chi connectivity index (χ2v) is 21.4. The van der Waals surface area contributed by atoms with Crippen LogP contribution < -0.4 is 28.4 Å². The second kappa shape index (κ2) is 27.9. The number of nitrogens with zero attached hydrogens (tertiary/aromatic N) is 7. The van der Waals surface area contributed by atoms with Crippen LogP contribution in [0.4, 0.5) is 14.5 Å². The van der Waals surface area contributed by atoms with Crippen LogP contribution in [0.15, 0.2) is 158 Å². The maximum Gasteiger partial charge on any atom is 0.269 e. The van der Waals surface area contributed by atoms with E-state index < -0.39 is 16.6 Å². The van der Waals surface area contributed by atoms with E-state index in [0.29, 0.717) is 24.1 Å². The molecule has 436 valence electrons. The molecule has 6 aromatic carbocycles. The first-order valence-electron chi connectivity index (χ1n) is 28.9. The van der Waals surface area contributed by atoms with E-state index in [4.69, 9.17) is 33.5 Å². The number of aromatic nitrogens is 6. The van der Waals surface area contributed by atoms with Crippen LogP contribution >= 0.6 is 0 Å². The van der Waals surface area contributed by atoms with Gasteiger partial charge < -0.3 is 28.4 Å². The Kier molecular flexibility index (Phi) is 19.3. The van der Waals surface area contributed by atoms with E-state index in [9.17, 15) is 18.9 Å². The number of ether oxygens (including phenoxy) is 6. The Labute approximate surface area is 488 Å². The van der Waals surface area contributed by atoms with Crippen LogP contribution in [0.2, 0.25) is 0 Å². The zero-order chi connectivity index (χ0) is 58.4. The van der Waals surface area contributed by atoms with Crippen LogP contribution in [0.5, 0.6) is 34.5 Å². The minimum atomic E-state index is -0.853. The zero-order valence-electron chi connectivity index (χ0n) is 48.0. The van der Waals surface area contributed by atoms with Gasteiger partial charge in [-0.15, -0.1) is 0 Å². The van der Waals surface area contributed by atoms with Gasteiger partial charge in [-0.05, 0) is 180 Å². The van der Waals surface area contributed by atoms with Crippen molar-refractivity contribution in [3.8, 4) is 68.3 Å². The lowest BCUT2D eigenvalue weighted by molar-refractivity contribution is -0.384. The van der Waals surface area contributed by atoms with Crippen molar-refractivity contribution in [2.75, 3.05) is 21.3 Å². The summed E-state index contributed by atoms with van der Waals surface area (Å²) in [6.07, 6.45) is 20.3. The molecule has 12 rings (SSSR count). The highest BCUT2D eigenvalue weighted by molar-refractivity contribution is 5.66. The first kappa shape index (κ1) is 58.2. The van der Waals surface area contributed by atoms with Gasteiger partial charge in [-0.2, -0.15) is 15.3 Å². The molecule has 9 aromatic rings. The highest BCUT2D eigenvalue weighted by atomic mass is 19.2. The van der Waals surface area contributed by atoms with Crippen LogP contribution in [-0.2, 0) is 19.6 Å². The monoisotopic (exact) mass is 1140 g/mol. The SMILES string of the molecule is COc1ccc(-c2ccn(Cc3ccc([N+](=O)[O-])cc3)n2)cc1OC1CCCC1.COc1ccc(-c2ccn(Cc3cccc(F)c3F)n2)cc1OC1CCCC1.COc1ccc(-c2ccn(Cc3ccccc3C)n2)cc1OC1CCCC1. The third-order valence-corrected chi connectivity index (χ3v) is 15.5. The molecule has 0 saturated heterocycles. The first-order chi connectivity index (χ1) is 41.0. The normalized spacial score (nSPS) is 14.3. The van der Waals surface area contributed by atoms with Crippen molar-refractivity contribution in [2.24, 2.45) is 0 Å². The van der Waals surface area contributed by atoms with Crippen LogP contribution in [0.1, 0.15) is 99.3 Å². The standard InChI is InChI=1S/C23H26N2O2.C22H22F2N2O2.C22H23N3O4/c1-17-7-3-4-8-19(17)16-25-14-13-21(24-25)18-11-12-22(26-2)23(15-18)27-20-9-5-6-10-20;1-27-20-10-9-15(13-21(20)28-17-6-2-3-7-17)19-11-12-26(25-19)14-16-5-4-8-18(23)22(16)24;1-28-21-11-8-17(14-22(21)29-19-4-2-3-5-19)20-12-13-24(23-20)15-16-6-9-18(10-7-16)25(26)27/h3-4,7-8,11-15,20H,5-6,9-10,16H2,1-2H3;4-5,8-13,17H,2-3,6-7,14H2,1H3;6-14,19H,2-5,15H2,1H3. The molecule has 0 atom stereocenters. The van der Waals surface area contributed by atoms with Gasteiger partial charge in [0.2, 0.25) is 0 Å². The van der Waals surface area contributed by atoms with Gasteiger partial charge in [-0.1, -0.05) is 48.5 Å². The molecule has 0 amide bonds. The van der Waals surface area contributed by atoms with E-state index in [1.165, 1.54) is 67.9 Å². The van der Waals surface area contributed by atoms with Crippen molar-refractivity contribution in [2.45, 2.75) is 122 Å². The summed E-state index contributed by atoms with van der Waals surface area (Å²) >= 11 is 0. The summed E-state index contributed by atoms with van der Waals surface area (Å²) in [4.78, 5) is 10.4. The molecule has 3 aliphatic carbocycles. The molecule has 0 unspecified atom stereocenters. The van der Waals surface area contributed by atoms with Gasteiger partial charge in [0.15, 0.2) is 46.1 Å². The smallest absolute Gasteiger partial charge is 0.269 e. The average Bonchev–Trinajstić information content (AvgIpc) is 4.44. The van der Waals surface area contributed by atoms with E-state index in [1.807, 2.05) is 82.4 Å². The Morgan fingerprint density at radius 2 is 0.869 bits per heavy atom. The van der Waals surface area contributed by atoms with Crippen LogP contribution in [-0.4, -0.2) is 73.9 Å². The van der Waals surface area contributed by atoms with Gasteiger partial charge in [0, 0.05) is 53.0 Å². The zero-order valence-corrected chi connectivity index (χ0v) is 48.0. The Hall–Kier alpha value is -8.99. The maximum atomic E-state index is 13.9. The Morgan fingerprint density at radius 1 is 0.476 bits per heavy atom. The number of aryl methyl sites for hydroxylation is 1. The molecule has 3 fully saturated rings. The largest absolute Gasteiger partial charge is 0.493 e. The Bertz CT molecular complexity index is 3620. The molecule has 3 aliphatic rings. The summed E-state index contributed by atoms with van der Waals surface area (Å²) < 4.78 is 67.6. The number of benzene rings is 6. The number of non-ortho nitro benzene ring substituents is 1. The fourth-order valence-electron chi connectivity index (χ4n) is 10.9. The highest BCUT2D eigenvalue weighted by Gasteiger charge is 2.23. The van der Waals surface area contributed by atoms with Gasteiger partial charge in [0.05, 0.1) is 81.3 Å². The molecule has 17 heteroatoms. The molecule has 84 heavy (non-hydrogen) atoms. The number of halogens is 2. The molecule has 3 saturated carbocycles. The summed E-state index contributed by atoms with van der Waals surface area (Å²) in [5.74, 6) is 2.78. The fraction of sp³-hybridized carbons (Fsp3) is 0.328. The van der Waals surface area contributed by atoms with Crippen molar-refractivity contribution >= 4 is 5.69 Å². The lowest BCUT2D eigenvalue weighted by Gasteiger charge is -2.16. The third kappa shape index (κ3) is 15.0. The van der Waals surface area contributed by atoms with Crippen LogP contribution in [0.25, 0.3) is 33.8 Å². The summed E-state index contributed by atoms with van der Waals surface area (Å²) in [7, 11) is 4.96. The number of hydrogen-bond donors (Lipinski definition) is 0. The first-order valence-corrected chi connectivity index (χ1v) is 28.9. The predicted molar refractivity (Wildman–Crippen MR) is 319 cm³/mol. The third-order valence-electron chi connectivity index (χ3n) is 15.5. The number of methoxy groups -OCH3 is 3. The van der Waals surface area contributed by atoms with E-state index in [1.54, 1.807) is 50.4 Å². The number of nitro groups is 1. The van der Waals surface area contributed by atoms with E-state index in [0.717, 1.165) is 113 Å². The maximum absolute atomic E-state index is 13.9. The number of nitro benzene ring substituents is 1. The van der Waals surface area contributed by atoms with Crippen molar-refractivity contribution in [1.82, 2.24) is 29.3 Å². The molecule has 0 aliphatic heterocycles. The average molecular weight is 1140 g/mol. The summed E-state index contributed by atoms with van der Waals surface area (Å²) in [5.41, 5.74) is 9.27. The fourth-order valence-corrected chi connectivity index (χ4v) is 10.9. The minimum absolute atomic E-state index is 0.0860. The quantitative estimate of drug-likeness (QED) is 0.0562. The summed E-state index contributed by atoms with van der Waals surface area (Å²) in [6.45, 7) is 3.61. The van der Waals surface area contributed by atoms with Crippen LogP contribution in [0, 0.1) is 28.7 Å². The lowest BCUT2D eigenvalue weighted by atomic mass is 10.1. The summed E-state index contributed by atoms with van der Waals surface area (Å²) in [6, 6.07) is 42.6. The highest BCUT2D eigenvalue weighted by Crippen LogP contribution is 2.38.